The summed E-state index contributed by atoms with van der Waals surface area (Å²) in [5.74, 6) is -0.266. The summed E-state index contributed by atoms with van der Waals surface area (Å²) in [7, 11) is 0. The molecule has 4 rings (SSSR count). The van der Waals surface area contributed by atoms with Crippen molar-refractivity contribution < 1.29 is 9.50 Å². The van der Waals surface area contributed by atoms with Crippen LogP contribution in [-0.2, 0) is 6.42 Å². The third-order valence-electron chi connectivity index (χ3n) is 4.69. The van der Waals surface area contributed by atoms with Crippen LogP contribution >= 0.6 is 0 Å². The van der Waals surface area contributed by atoms with Crippen LogP contribution in [0.2, 0.25) is 0 Å². The van der Waals surface area contributed by atoms with Gasteiger partial charge in [-0.3, -0.25) is 0 Å². The smallest absolute Gasteiger partial charge is 0.160 e. The van der Waals surface area contributed by atoms with Crippen molar-refractivity contribution in [1.82, 2.24) is 9.38 Å². The molecule has 2 aromatic heterocycles. The maximum absolute atomic E-state index is 13.4. The van der Waals surface area contributed by atoms with Crippen LogP contribution in [0.25, 0.3) is 5.65 Å². The van der Waals surface area contributed by atoms with Gasteiger partial charge in [0.25, 0.3) is 0 Å². The topological polar surface area (TPSA) is 49.6 Å². The number of fused-ring (bicyclic) bond motifs is 2. The van der Waals surface area contributed by atoms with Crippen LogP contribution in [0.5, 0.6) is 0 Å². The number of pyridine rings is 1. The van der Waals surface area contributed by atoms with Crippen molar-refractivity contribution in [3.63, 3.8) is 0 Å². The second kappa shape index (κ2) is 5.06. The van der Waals surface area contributed by atoms with E-state index in [2.05, 4.69) is 10.3 Å². The molecule has 0 saturated carbocycles. The molecule has 0 amide bonds. The molecular formula is C18H18FN3O. The molecule has 2 atom stereocenters. The van der Waals surface area contributed by atoms with Crippen molar-refractivity contribution in [2.75, 3.05) is 5.32 Å². The minimum Gasteiger partial charge on any atom is -0.390 e. The Morgan fingerprint density at radius 1 is 1.30 bits per heavy atom. The normalized spacial score (nSPS) is 20.0. The Balaban J connectivity index is 1.76. The number of nitrogens with one attached hydrogen (secondary N) is 1. The predicted octanol–water partition coefficient (Wildman–Crippen LogP) is 3.16. The summed E-state index contributed by atoms with van der Waals surface area (Å²) in [5.41, 5.74) is 5.58. The lowest BCUT2D eigenvalue weighted by Gasteiger charge is -2.19. The van der Waals surface area contributed by atoms with Crippen LogP contribution < -0.4 is 5.32 Å². The minimum absolute atomic E-state index is 0.255. The summed E-state index contributed by atoms with van der Waals surface area (Å²) in [4.78, 5) is 4.61. The van der Waals surface area contributed by atoms with Gasteiger partial charge in [0.15, 0.2) is 5.65 Å². The van der Waals surface area contributed by atoms with Gasteiger partial charge < -0.3 is 14.8 Å². The Hall–Kier alpha value is -2.40. The lowest BCUT2D eigenvalue weighted by molar-refractivity contribution is 0.166. The molecule has 3 aromatic rings. The highest BCUT2D eigenvalue weighted by Gasteiger charge is 2.31. The Bertz CT molecular complexity index is 903. The number of imidazole rings is 1. The molecule has 2 N–H and O–H groups in total. The monoisotopic (exact) mass is 311 g/mol. The Labute approximate surface area is 133 Å². The van der Waals surface area contributed by atoms with E-state index in [0.717, 1.165) is 33.8 Å². The van der Waals surface area contributed by atoms with E-state index in [4.69, 9.17) is 0 Å². The van der Waals surface area contributed by atoms with Crippen molar-refractivity contribution in [1.29, 1.82) is 0 Å². The van der Waals surface area contributed by atoms with Crippen LogP contribution in [0.15, 0.2) is 36.5 Å². The van der Waals surface area contributed by atoms with Gasteiger partial charge in [-0.25, -0.2) is 9.37 Å². The van der Waals surface area contributed by atoms with Gasteiger partial charge in [-0.05, 0) is 49.2 Å². The number of aliphatic hydroxyl groups is 1. The average molecular weight is 311 g/mol. The number of hydrogen-bond acceptors (Lipinski definition) is 3. The summed E-state index contributed by atoms with van der Waals surface area (Å²) in [6.45, 7) is 4.01. The summed E-state index contributed by atoms with van der Waals surface area (Å²) in [5, 5.41) is 13.8. The second-order valence-corrected chi connectivity index (χ2v) is 6.13. The fraction of sp³-hybridized carbons (Fsp3) is 0.278. The van der Waals surface area contributed by atoms with E-state index in [1.165, 1.54) is 12.1 Å². The molecule has 1 aliphatic rings. The number of hydrogen-bond donors (Lipinski definition) is 2. The van der Waals surface area contributed by atoms with Gasteiger partial charge in [0, 0.05) is 18.3 Å². The number of nitrogens with zero attached hydrogens (tertiary/aromatic N) is 2. The quantitative estimate of drug-likeness (QED) is 0.764. The Morgan fingerprint density at radius 2 is 2.13 bits per heavy atom. The van der Waals surface area contributed by atoms with E-state index in [0.29, 0.717) is 6.42 Å². The van der Waals surface area contributed by atoms with Gasteiger partial charge in [-0.15, -0.1) is 0 Å². The molecular weight excluding hydrogens is 293 g/mol. The summed E-state index contributed by atoms with van der Waals surface area (Å²) < 4.78 is 15.4. The van der Waals surface area contributed by atoms with E-state index >= 15 is 0 Å². The molecule has 23 heavy (non-hydrogen) atoms. The van der Waals surface area contributed by atoms with Crippen molar-refractivity contribution in [3.8, 4) is 0 Å². The molecule has 4 nitrogen and oxygen atoms in total. The van der Waals surface area contributed by atoms with Crippen molar-refractivity contribution in [2.24, 2.45) is 0 Å². The molecule has 0 saturated heterocycles. The summed E-state index contributed by atoms with van der Waals surface area (Å²) >= 11 is 0. The third-order valence-corrected chi connectivity index (χ3v) is 4.69. The van der Waals surface area contributed by atoms with E-state index in [-0.39, 0.29) is 11.9 Å². The largest absolute Gasteiger partial charge is 0.390 e. The molecule has 1 aliphatic carbocycles. The number of rotatable bonds is 2. The van der Waals surface area contributed by atoms with Crippen molar-refractivity contribution in [3.05, 3.63) is 64.9 Å². The lowest BCUT2D eigenvalue weighted by Crippen LogP contribution is -2.21. The first kappa shape index (κ1) is 14.2. The van der Waals surface area contributed by atoms with Gasteiger partial charge >= 0.3 is 0 Å². The third kappa shape index (κ3) is 2.19. The standard InChI is InChI=1S/C18H18FN3O/c1-10-11(2)22-7-3-4-15(18(22)20-10)21-17-14-6-5-13(19)8-12(14)9-16(17)23/h3-8,16-17,21,23H,9H2,1-2H3. The van der Waals surface area contributed by atoms with Crippen LogP contribution in [0.4, 0.5) is 10.1 Å². The fourth-order valence-electron chi connectivity index (χ4n) is 3.36. The molecule has 0 spiro atoms. The van der Waals surface area contributed by atoms with Gasteiger partial charge in [0.2, 0.25) is 0 Å². The first-order chi connectivity index (χ1) is 11.0. The second-order valence-electron chi connectivity index (χ2n) is 6.13. The van der Waals surface area contributed by atoms with Crippen LogP contribution in [0.3, 0.4) is 0 Å². The van der Waals surface area contributed by atoms with Gasteiger partial charge in [-0.2, -0.15) is 0 Å². The number of aromatic nitrogens is 2. The van der Waals surface area contributed by atoms with E-state index in [1.807, 2.05) is 36.6 Å². The van der Waals surface area contributed by atoms with Crippen LogP contribution in [-0.4, -0.2) is 20.6 Å². The molecule has 0 aliphatic heterocycles. The lowest BCUT2D eigenvalue weighted by atomic mass is 10.1. The zero-order valence-corrected chi connectivity index (χ0v) is 13.0. The molecule has 118 valence electrons. The Kier molecular flexibility index (Phi) is 3.13. The van der Waals surface area contributed by atoms with Crippen LogP contribution in [0.1, 0.15) is 28.6 Å². The summed E-state index contributed by atoms with van der Waals surface area (Å²) in [6, 6.07) is 8.35. The molecule has 0 fully saturated rings. The number of benzene rings is 1. The number of aliphatic hydroxyl groups excluding tert-OH is 1. The number of anilines is 1. The van der Waals surface area contributed by atoms with Crippen molar-refractivity contribution in [2.45, 2.75) is 32.4 Å². The number of aryl methyl sites for hydroxylation is 2. The highest BCUT2D eigenvalue weighted by molar-refractivity contribution is 5.69. The highest BCUT2D eigenvalue weighted by atomic mass is 19.1. The van der Waals surface area contributed by atoms with Gasteiger partial charge in [0.1, 0.15) is 5.82 Å². The SMILES string of the molecule is Cc1nc2c(NC3c4ccc(F)cc4CC3O)cccn2c1C. The average Bonchev–Trinajstić information content (AvgIpc) is 2.98. The van der Waals surface area contributed by atoms with E-state index in [1.54, 1.807) is 6.07 Å². The van der Waals surface area contributed by atoms with Crippen molar-refractivity contribution >= 4 is 11.3 Å². The zero-order valence-electron chi connectivity index (χ0n) is 13.0. The summed E-state index contributed by atoms with van der Waals surface area (Å²) in [6.07, 6.45) is 1.86. The van der Waals surface area contributed by atoms with Crippen LogP contribution in [0, 0.1) is 19.7 Å². The Morgan fingerprint density at radius 3 is 2.96 bits per heavy atom. The maximum Gasteiger partial charge on any atom is 0.160 e. The zero-order chi connectivity index (χ0) is 16.1. The maximum atomic E-state index is 13.4. The molecule has 0 bridgehead atoms. The molecule has 2 heterocycles. The molecule has 2 unspecified atom stereocenters. The van der Waals surface area contributed by atoms with E-state index in [9.17, 15) is 9.50 Å². The first-order valence-electron chi connectivity index (χ1n) is 7.72. The minimum atomic E-state index is -0.579. The van der Waals surface area contributed by atoms with E-state index < -0.39 is 6.10 Å². The first-order valence-corrected chi connectivity index (χ1v) is 7.72. The molecule has 5 heteroatoms. The predicted molar refractivity (Wildman–Crippen MR) is 87.1 cm³/mol. The number of halogens is 1. The fourth-order valence-corrected chi connectivity index (χ4v) is 3.36. The van der Waals surface area contributed by atoms with Gasteiger partial charge in [-0.1, -0.05) is 6.07 Å². The molecule has 0 radical (unpaired) electrons. The highest BCUT2D eigenvalue weighted by Crippen LogP contribution is 2.35. The molecule has 1 aromatic carbocycles. The van der Waals surface area contributed by atoms with Gasteiger partial charge in [0.05, 0.1) is 23.5 Å².